The average Bonchev–Trinajstić information content (AvgIpc) is 2.62. The van der Waals surface area contributed by atoms with E-state index in [0.717, 1.165) is 36.8 Å². The molecule has 0 radical (unpaired) electrons. The average molecular weight is 177 g/mol. The predicted molar refractivity (Wildman–Crippen MR) is 51.4 cm³/mol. The Morgan fingerprint density at radius 3 is 2.85 bits per heavy atom. The van der Waals surface area contributed by atoms with Crippen LogP contribution in [0.2, 0.25) is 0 Å². The van der Waals surface area contributed by atoms with Gasteiger partial charge in [-0.25, -0.2) is 9.97 Å². The fraction of sp³-hybridized carbons (Fsp3) is 0.600. The summed E-state index contributed by atoms with van der Waals surface area (Å²) in [6.07, 6.45) is 6.07. The maximum Gasteiger partial charge on any atom is 0.128 e. The van der Waals surface area contributed by atoms with Crippen LogP contribution in [0, 0.1) is 12.8 Å². The summed E-state index contributed by atoms with van der Waals surface area (Å²) in [6.45, 7) is 4.29. The van der Waals surface area contributed by atoms with Crippen molar-refractivity contribution in [3.63, 3.8) is 0 Å². The molecule has 2 rings (SSSR count). The number of aryl methyl sites for hydroxylation is 1. The zero-order chi connectivity index (χ0) is 9.10. The normalized spacial score (nSPS) is 22.1. The van der Waals surface area contributed by atoms with E-state index in [1.54, 1.807) is 0 Å². The van der Waals surface area contributed by atoms with Crippen LogP contribution in [0.15, 0.2) is 12.4 Å². The van der Waals surface area contributed by atoms with Gasteiger partial charge in [-0.2, -0.15) is 0 Å². The number of hydrogen-bond donors (Lipinski definition) is 1. The molecule has 1 unspecified atom stereocenters. The van der Waals surface area contributed by atoms with E-state index in [1.807, 2.05) is 19.3 Å². The quantitative estimate of drug-likeness (QED) is 0.730. The van der Waals surface area contributed by atoms with Gasteiger partial charge in [0.15, 0.2) is 0 Å². The first-order valence-corrected chi connectivity index (χ1v) is 4.83. The lowest BCUT2D eigenvalue weighted by atomic mass is 10.0. The van der Waals surface area contributed by atoms with Gasteiger partial charge in [0.25, 0.3) is 0 Å². The predicted octanol–water partition coefficient (Wildman–Crippen LogP) is 0.937. The number of nitrogens with zero attached hydrogens (tertiary/aromatic N) is 2. The van der Waals surface area contributed by atoms with Crippen molar-refractivity contribution in [3.05, 3.63) is 23.8 Å². The molecule has 1 N–H and O–H groups in total. The minimum atomic E-state index is 0.739. The summed E-state index contributed by atoms with van der Waals surface area (Å²) in [5.41, 5.74) is 1.13. The van der Waals surface area contributed by atoms with Crippen molar-refractivity contribution in [1.29, 1.82) is 0 Å². The second kappa shape index (κ2) is 3.83. The molecule has 1 saturated heterocycles. The second-order valence-corrected chi connectivity index (χ2v) is 3.74. The van der Waals surface area contributed by atoms with Crippen molar-refractivity contribution in [2.75, 3.05) is 13.1 Å². The Bertz CT molecular complexity index is 262. The number of hydrogen-bond acceptors (Lipinski definition) is 3. The molecule has 1 aliphatic rings. The Hall–Kier alpha value is -0.960. The highest BCUT2D eigenvalue weighted by atomic mass is 14.9. The molecule has 3 heteroatoms. The van der Waals surface area contributed by atoms with Gasteiger partial charge < -0.3 is 5.32 Å². The molecule has 0 saturated carbocycles. The molecular formula is C10H15N3. The Kier molecular flexibility index (Phi) is 2.54. The van der Waals surface area contributed by atoms with Gasteiger partial charge in [-0.05, 0) is 37.9 Å². The fourth-order valence-corrected chi connectivity index (χ4v) is 1.67. The highest BCUT2D eigenvalue weighted by Gasteiger charge is 2.15. The Balaban J connectivity index is 1.97. The molecule has 1 aromatic heterocycles. The minimum absolute atomic E-state index is 0.739. The SMILES string of the molecule is Cc1cnc(CC2CCNC2)nc1. The standard InChI is InChI=1S/C10H15N3/c1-8-5-12-10(13-6-8)4-9-2-3-11-7-9/h5-6,9,11H,2-4,7H2,1H3. The molecule has 0 aromatic carbocycles. The summed E-state index contributed by atoms with van der Waals surface area (Å²) < 4.78 is 0. The Morgan fingerprint density at radius 1 is 1.46 bits per heavy atom. The Labute approximate surface area is 78.6 Å². The molecule has 70 valence electrons. The molecule has 13 heavy (non-hydrogen) atoms. The van der Waals surface area contributed by atoms with E-state index in [2.05, 4.69) is 15.3 Å². The number of aromatic nitrogens is 2. The molecule has 0 aliphatic carbocycles. The monoisotopic (exact) mass is 177 g/mol. The van der Waals surface area contributed by atoms with Crippen LogP contribution in [0.5, 0.6) is 0 Å². The first-order valence-electron chi connectivity index (χ1n) is 4.83. The zero-order valence-electron chi connectivity index (χ0n) is 7.95. The smallest absolute Gasteiger partial charge is 0.128 e. The Morgan fingerprint density at radius 2 is 2.23 bits per heavy atom. The lowest BCUT2D eigenvalue weighted by Crippen LogP contribution is -2.12. The van der Waals surface area contributed by atoms with Crippen LogP contribution in [0.1, 0.15) is 17.8 Å². The third-order valence-electron chi connectivity index (χ3n) is 2.47. The van der Waals surface area contributed by atoms with Gasteiger partial charge in [0.05, 0.1) is 0 Å². The lowest BCUT2D eigenvalue weighted by Gasteiger charge is -2.05. The molecule has 1 atom stereocenters. The topological polar surface area (TPSA) is 37.8 Å². The van der Waals surface area contributed by atoms with E-state index in [1.165, 1.54) is 6.42 Å². The maximum absolute atomic E-state index is 4.30. The molecule has 1 aromatic rings. The summed E-state index contributed by atoms with van der Waals surface area (Å²) >= 11 is 0. The summed E-state index contributed by atoms with van der Waals surface area (Å²) in [5.74, 6) is 1.72. The van der Waals surface area contributed by atoms with Crippen LogP contribution in [0.3, 0.4) is 0 Å². The number of nitrogens with one attached hydrogen (secondary N) is 1. The molecule has 0 bridgehead atoms. The molecule has 0 spiro atoms. The van der Waals surface area contributed by atoms with Gasteiger partial charge in [0, 0.05) is 18.8 Å². The van der Waals surface area contributed by atoms with Crippen molar-refractivity contribution >= 4 is 0 Å². The van der Waals surface area contributed by atoms with E-state index in [-0.39, 0.29) is 0 Å². The first kappa shape index (κ1) is 8.63. The van der Waals surface area contributed by atoms with Gasteiger partial charge in [-0.1, -0.05) is 0 Å². The molecule has 0 amide bonds. The summed E-state index contributed by atoms with van der Waals surface area (Å²) in [7, 11) is 0. The largest absolute Gasteiger partial charge is 0.316 e. The van der Waals surface area contributed by atoms with Crippen molar-refractivity contribution < 1.29 is 0 Å². The van der Waals surface area contributed by atoms with E-state index in [0.29, 0.717) is 0 Å². The highest BCUT2D eigenvalue weighted by molar-refractivity contribution is 5.02. The summed E-state index contributed by atoms with van der Waals surface area (Å²) in [6, 6.07) is 0. The van der Waals surface area contributed by atoms with E-state index in [4.69, 9.17) is 0 Å². The van der Waals surface area contributed by atoms with E-state index >= 15 is 0 Å². The minimum Gasteiger partial charge on any atom is -0.316 e. The third-order valence-corrected chi connectivity index (χ3v) is 2.47. The van der Waals surface area contributed by atoms with Gasteiger partial charge in [-0.3, -0.25) is 0 Å². The summed E-state index contributed by atoms with van der Waals surface area (Å²) in [5, 5.41) is 3.35. The van der Waals surface area contributed by atoms with Crippen molar-refractivity contribution in [1.82, 2.24) is 15.3 Å². The van der Waals surface area contributed by atoms with Gasteiger partial charge in [0.1, 0.15) is 5.82 Å². The second-order valence-electron chi connectivity index (χ2n) is 3.74. The van der Waals surface area contributed by atoms with Crippen molar-refractivity contribution in [3.8, 4) is 0 Å². The van der Waals surface area contributed by atoms with Crippen molar-refractivity contribution in [2.45, 2.75) is 19.8 Å². The lowest BCUT2D eigenvalue weighted by molar-refractivity contribution is 0.561. The van der Waals surface area contributed by atoms with Crippen LogP contribution >= 0.6 is 0 Å². The van der Waals surface area contributed by atoms with Crippen LogP contribution in [0.4, 0.5) is 0 Å². The molecule has 1 aliphatic heterocycles. The van der Waals surface area contributed by atoms with Gasteiger partial charge >= 0.3 is 0 Å². The van der Waals surface area contributed by atoms with Crippen LogP contribution in [-0.4, -0.2) is 23.1 Å². The molecule has 2 heterocycles. The van der Waals surface area contributed by atoms with Crippen molar-refractivity contribution in [2.24, 2.45) is 5.92 Å². The fourth-order valence-electron chi connectivity index (χ4n) is 1.67. The first-order chi connectivity index (χ1) is 6.34. The molecule has 1 fully saturated rings. The third kappa shape index (κ3) is 2.25. The summed E-state index contributed by atoms with van der Waals surface area (Å²) in [4.78, 5) is 8.61. The molecular weight excluding hydrogens is 162 g/mol. The number of rotatable bonds is 2. The van der Waals surface area contributed by atoms with Gasteiger partial charge in [-0.15, -0.1) is 0 Å². The zero-order valence-corrected chi connectivity index (χ0v) is 7.95. The van der Waals surface area contributed by atoms with Gasteiger partial charge in [0.2, 0.25) is 0 Å². The van der Waals surface area contributed by atoms with Crippen LogP contribution in [0.25, 0.3) is 0 Å². The van der Waals surface area contributed by atoms with Crippen LogP contribution < -0.4 is 5.32 Å². The van der Waals surface area contributed by atoms with E-state index < -0.39 is 0 Å². The van der Waals surface area contributed by atoms with E-state index in [9.17, 15) is 0 Å². The molecule has 3 nitrogen and oxygen atoms in total. The van der Waals surface area contributed by atoms with Crippen LogP contribution in [-0.2, 0) is 6.42 Å². The maximum atomic E-state index is 4.30. The highest BCUT2D eigenvalue weighted by Crippen LogP contribution is 2.11.